The summed E-state index contributed by atoms with van der Waals surface area (Å²) in [5.74, 6) is -0.0401. The van der Waals surface area contributed by atoms with E-state index in [0.717, 1.165) is 4.90 Å². The van der Waals surface area contributed by atoms with Crippen molar-refractivity contribution < 1.29 is 23.9 Å². The number of fused-ring (bicyclic) bond motifs is 1. The SMILES string of the molecule is CC(=O)Nc1ccc(NC2=C(c3ccccc3)C(=O)N(c3ccc4c(c3)OCCO4)C2=O)cc1. The van der Waals surface area contributed by atoms with Crippen LogP contribution in [0.3, 0.4) is 0 Å². The molecular weight excluding hydrogens is 434 g/mol. The molecule has 0 unspecified atom stereocenters. The summed E-state index contributed by atoms with van der Waals surface area (Å²) in [5.41, 5.74) is 2.68. The number of amides is 3. The van der Waals surface area contributed by atoms with E-state index in [1.54, 1.807) is 54.6 Å². The molecule has 3 aromatic carbocycles. The van der Waals surface area contributed by atoms with Crippen molar-refractivity contribution in [3.8, 4) is 11.5 Å². The van der Waals surface area contributed by atoms with Gasteiger partial charge in [0.25, 0.3) is 11.8 Å². The van der Waals surface area contributed by atoms with Crippen molar-refractivity contribution in [3.63, 3.8) is 0 Å². The zero-order chi connectivity index (χ0) is 23.7. The lowest BCUT2D eigenvalue weighted by Gasteiger charge is -2.21. The summed E-state index contributed by atoms with van der Waals surface area (Å²) in [6.07, 6.45) is 0. The zero-order valence-corrected chi connectivity index (χ0v) is 18.3. The number of nitrogens with zero attached hydrogens (tertiary/aromatic N) is 1. The average Bonchev–Trinajstić information content (AvgIpc) is 3.09. The van der Waals surface area contributed by atoms with Gasteiger partial charge < -0.3 is 20.1 Å². The number of carbonyl (C=O) groups excluding carboxylic acids is 3. The third-order valence-electron chi connectivity index (χ3n) is 5.40. The highest BCUT2D eigenvalue weighted by atomic mass is 16.6. The Balaban J connectivity index is 1.52. The zero-order valence-electron chi connectivity index (χ0n) is 18.3. The Bertz CT molecular complexity index is 1320. The molecule has 0 aromatic heterocycles. The van der Waals surface area contributed by atoms with Gasteiger partial charge in [0.15, 0.2) is 11.5 Å². The second kappa shape index (κ2) is 8.74. The Morgan fingerprint density at radius 1 is 0.824 bits per heavy atom. The van der Waals surface area contributed by atoms with E-state index < -0.39 is 11.8 Å². The minimum Gasteiger partial charge on any atom is -0.486 e. The van der Waals surface area contributed by atoms with Gasteiger partial charge in [-0.3, -0.25) is 14.4 Å². The lowest BCUT2D eigenvalue weighted by molar-refractivity contribution is -0.120. The van der Waals surface area contributed by atoms with Gasteiger partial charge in [0.05, 0.1) is 11.3 Å². The first-order valence-electron chi connectivity index (χ1n) is 10.7. The minimum absolute atomic E-state index is 0.165. The van der Waals surface area contributed by atoms with Crippen LogP contribution in [-0.4, -0.2) is 30.9 Å². The number of rotatable bonds is 5. The molecule has 3 amide bonds. The van der Waals surface area contributed by atoms with Crippen molar-refractivity contribution in [2.75, 3.05) is 28.7 Å². The molecule has 0 bridgehead atoms. The molecule has 0 saturated carbocycles. The highest BCUT2D eigenvalue weighted by molar-refractivity contribution is 6.46. The van der Waals surface area contributed by atoms with Gasteiger partial charge in [0.2, 0.25) is 5.91 Å². The standard InChI is InChI=1S/C26H21N3O5/c1-16(30)27-18-7-9-19(10-8-18)28-24-23(17-5-3-2-4-6-17)25(31)29(26(24)32)20-11-12-21-22(15-20)34-14-13-33-21/h2-12,15,28H,13-14H2,1H3,(H,27,30). The quantitative estimate of drug-likeness (QED) is 0.568. The first-order chi connectivity index (χ1) is 16.5. The molecule has 0 spiro atoms. The lowest BCUT2D eigenvalue weighted by Crippen LogP contribution is -2.32. The number of benzene rings is 3. The number of hydrogen-bond donors (Lipinski definition) is 2. The molecule has 2 aliphatic rings. The van der Waals surface area contributed by atoms with E-state index in [0.29, 0.717) is 47.3 Å². The molecule has 0 fully saturated rings. The van der Waals surface area contributed by atoms with Crippen LogP contribution in [0.1, 0.15) is 12.5 Å². The van der Waals surface area contributed by atoms with Crippen LogP contribution in [-0.2, 0) is 14.4 Å². The minimum atomic E-state index is -0.480. The number of nitrogens with one attached hydrogen (secondary N) is 2. The molecule has 0 aliphatic carbocycles. The number of anilines is 3. The second-order valence-corrected chi connectivity index (χ2v) is 7.77. The monoisotopic (exact) mass is 455 g/mol. The fraction of sp³-hybridized carbons (Fsp3) is 0.115. The maximum absolute atomic E-state index is 13.5. The van der Waals surface area contributed by atoms with Crippen LogP contribution < -0.4 is 25.0 Å². The smallest absolute Gasteiger partial charge is 0.282 e. The summed E-state index contributed by atoms with van der Waals surface area (Å²) in [6.45, 7) is 2.27. The largest absolute Gasteiger partial charge is 0.486 e. The number of imide groups is 1. The van der Waals surface area contributed by atoms with Crippen LogP contribution in [0.2, 0.25) is 0 Å². The van der Waals surface area contributed by atoms with Gasteiger partial charge in [0.1, 0.15) is 18.9 Å². The van der Waals surface area contributed by atoms with Gasteiger partial charge >= 0.3 is 0 Å². The highest BCUT2D eigenvalue weighted by Crippen LogP contribution is 2.38. The molecular formula is C26H21N3O5. The normalized spacial score (nSPS) is 14.9. The van der Waals surface area contributed by atoms with E-state index in [1.807, 2.05) is 18.2 Å². The molecule has 170 valence electrons. The van der Waals surface area contributed by atoms with E-state index in [9.17, 15) is 14.4 Å². The molecule has 2 aliphatic heterocycles. The third-order valence-corrected chi connectivity index (χ3v) is 5.40. The Labute approximate surface area is 195 Å². The maximum atomic E-state index is 13.5. The molecule has 8 nitrogen and oxygen atoms in total. The number of carbonyl (C=O) groups is 3. The van der Waals surface area contributed by atoms with Gasteiger partial charge in [-0.15, -0.1) is 0 Å². The Hall–Kier alpha value is -4.59. The summed E-state index contributed by atoms with van der Waals surface area (Å²) in [6, 6.07) is 20.9. The van der Waals surface area contributed by atoms with Crippen LogP contribution in [0.5, 0.6) is 11.5 Å². The second-order valence-electron chi connectivity index (χ2n) is 7.77. The maximum Gasteiger partial charge on any atom is 0.282 e. The molecule has 2 heterocycles. The Kier molecular flexibility index (Phi) is 5.47. The summed E-state index contributed by atoms with van der Waals surface area (Å²) < 4.78 is 11.2. The highest BCUT2D eigenvalue weighted by Gasteiger charge is 2.40. The van der Waals surface area contributed by atoms with Crippen molar-refractivity contribution in [3.05, 3.63) is 84.1 Å². The topological polar surface area (TPSA) is 97.0 Å². The molecule has 3 aromatic rings. The van der Waals surface area contributed by atoms with Crippen molar-refractivity contribution >= 4 is 40.4 Å². The molecule has 0 atom stereocenters. The van der Waals surface area contributed by atoms with E-state index in [2.05, 4.69) is 10.6 Å². The summed E-state index contributed by atoms with van der Waals surface area (Å²) >= 11 is 0. The number of ether oxygens (including phenoxy) is 2. The van der Waals surface area contributed by atoms with Gasteiger partial charge in [-0.25, -0.2) is 4.90 Å². The number of hydrogen-bond acceptors (Lipinski definition) is 6. The van der Waals surface area contributed by atoms with Crippen molar-refractivity contribution in [2.45, 2.75) is 6.92 Å². The van der Waals surface area contributed by atoms with Crippen LogP contribution >= 0.6 is 0 Å². The van der Waals surface area contributed by atoms with E-state index >= 15 is 0 Å². The first kappa shape index (κ1) is 21.3. The molecule has 8 heteroatoms. The fourth-order valence-electron chi connectivity index (χ4n) is 3.91. The predicted molar refractivity (Wildman–Crippen MR) is 128 cm³/mol. The van der Waals surface area contributed by atoms with Crippen LogP contribution in [0.15, 0.2) is 78.5 Å². The lowest BCUT2D eigenvalue weighted by atomic mass is 10.0. The van der Waals surface area contributed by atoms with Crippen LogP contribution in [0.25, 0.3) is 5.57 Å². The third kappa shape index (κ3) is 3.97. The van der Waals surface area contributed by atoms with Gasteiger partial charge in [0, 0.05) is 24.4 Å². The Morgan fingerprint density at radius 3 is 2.21 bits per heavy atom. The van der Waals surface area contributed by atoms with E-state index in [4.69, 9.17) is 9.47 Å². The van der Waals surface area contributed by atoms with Gasteiger partial charge in [-0.2, -0.15) is 0 Å². The molecule has 34 heavy (non-hydrogen) atoms. The average molecular weight is 455 g/mol. The molecule has 0 radical (unpaired) electrons. The van der Waals surface area contributed by atoms with Crippen LogP contribution in [0.4, 0.5) is 17.1 Å². The van der Waals surface area contributed by atoms with E-state index in [1.165, 1.54) is 6.92 Å². The van der Waals surface area contributed by atoms with Crippen molar-refractivity contribution in [1.82, 2.24) is 0 Å². The van der Waals surface area contributed by atoms with Gasteiger partial charge in [-0.05, 0) is 42.0 Å². The van der Waals surface area contributed by atoms with E-state index in [-0.39, 0.29) is 17.2 Å². The summed E-state index contributed by atoms with van der Waals surface area (Å²) in [7, 11) is 0. The fourth-order valence-corrected chi connectivity index (χ4v) is 3.91. The van der Waals surface area contributed by atoms with Crippen molar-refractivity contribution in [1.29, 1.82) is 0 Å². The first-order valence-corrected chi connectivity index (χ1v) is 10.7. The molecule has 5 rings (SSSR count). The predicted octanol–water partition coefficient (Wildman–Crippen LogP) is 3.81. The summed E-state index contributed by atoms with van der Waals surface area (Å²) in [5, 5.41) is 5.81. The molecule has 0 saturated heterocycles. The van der Waals surface area contributed by atoms with Gasteiger partial charge in [-0.1, -0.05) is 30.3 Å². The molecule has 2 N–H and O–H groups in total. The Morgan fingerprint density at radius 2 is 1.50 bits per heavy atom. The summed E-state index contributed by atoms with van der Waals surface area (Å²) in [4.78, 5) is 39.5. The van der Waals surface area contributed by atoms with Crippen molar-refractivity contribution in [2.24, 2.45) is 0 Å². The van der Waals surface area contributed by atoms with Crippen LogP contribution in [0, 0.1) is 0 Å².